The van der Waals surface area contributed by atoms with Crippen molar-refractivity contribution in [2.24, 2.45) is 11.8 Å². The molecule has 2 saturated heterocycles. The van der Waals surface area contributed by atoms with Crippen molar-refractivity contribution >= 4 is 11.8 Å². The van der Waals surface area contributed by atoms with Crippen LogP contribution >= 0.6 is 0 Å². The van der Waals surface area contributed by atoms with Crippen LogP contribution in [0.25, 0.3) is 0 Å². The summed E-state index contributed by atoms with van der Waals surface area (Å²) in [5, 5.41) is 8.91. The molecule has 1 aliphatic carbocycles. The smallest absolute Gasteiger partial charge is 0.272 e. The van der Waals surface area contributed by atoms with E-state index in [1.54, 1.807) is 12.1 Å². The Hall–Kier alpha value is -2.42. The molecule has 0 bridgehead atoms. The lowest BCUT2D eigenvalue weighted by molar-refractivity contribution is -0.135. The third-order valence-electron chi connectivity index (χ3n) is 6.71. The molecule has 0 spiro atoms. The summed E-state index contributed by atoms with van der Waals surface area (Å²) in [6.45, 7) is 2.36. The predicted octanol–water partition coefficient (Wildman–Crippen LogP) is 2.99. The summed E-state index contributed by atoms with van der Waals surface area (Å²) >= 11 is 0. The molecule has 3 heterocycles. The van der Waals surface area contributed by atoms with Gasteiger partial charge in [-0.05, 0) is 50.2 Å². The van der Waals surface area contributed by atoms with Crippen LogP contribution in [0.4, 0.5) is 0 Å². The molecule has 0 N–H and O–H groups in total. The van der Waals surface area contributed by atoms with Gasteiger partial charge in [0, 0.05) is 37.8 Å². The van der Waals surface area contributed by atoms with Crippen LogP contribution in [-0.4, -0.2) is 52.3 Å². The highest BCUT2D eigenvalue weighted by molar-refractivity contribution is 5.92. The maximum Gasteiger partial charge on any atom is 0.272 e. The Kier molecular flexibility index (Phi) is 5.61. The quantitative estimate of drug-likeness (QED) is 0.808. The topological polar surface area (TPSA) is 77.3 Å². The first-order chi connectivity index (χ1) is 13.7. The van der Waals surface area contributed by atoms with Crippen molar-refractivity contribution in [3.8, 4) is 6.07 Å². The van der Waals surface area contributed by atoms with E-state index in [-0.39, 0.29) is 17.9 Å². The molecule has 3 aliphatic rings. The highest BCUT2D eigenvalue weighted by Crippen LogP contribution is 2.33. The van der Waals surface area contributed by atoms with Gasteiger partial charge in [-0.15, -0.1) is 0 Å². The number of hydrogen-bond donors (Lipinski definition) is 0. The van der Waals surface area contributed by atoms with E-state index < -0.39 is 0 Å². The fourth-order valence-electron chi connectivity index (χ4n) is 5.18. The van der Waals surface area contributed by atoms with Gasteiger partial charge in [0.2, 0.25) is 5.91 Å². The third-order valence-corrected chi connectivity index (χ3v) is 6.71. The molecule has 1 aromatic rings. The van der Waals surface area contributed by atoms with Gasteiger partial charge in [0.1, 0.15) is 11.8 Å². The number of pyridine rings is 1. The molecule has 1 saturated carbocycles. The van der Waals surface area contributed by atoms with Crippen molar-refractivity contribution in [2.75, 3.05) is 19.6 Å². The number of hydrogen-bond acceptors (Lipinski definition) is 4. The number of likely N-dealkylation sites (tertiary alicyclic amines) is 2. The van der Waals surface area contributed by atoms with Crippen LogP contribution in [0.5, 0.6) is 0 Å². The molecule has 6 heteroatoms. The Morgan fingerprint density at radius 2 is 1.86 bits per heavy atom. The van der Waals surface area contributed by atoms with E-state index in [4.69, 9.17) is 5.26 Å². The molecule has 3 fully saturated rings. The van der Waals surface area contributed by atoms with Crippen molar-refractivity contribution < 1.29 is 9.59 Å². The summed E-state index contributed by atoms with van der Waals surface area (Å²) in [4.78, 5) is 34.0. The minimum Gasteiger partial charge on any atom is -0.342 e. The van der Waals surface area contributed by atoms with Gasteiger partial charge in [-0.1, -0.05) is 19.3 Å². The van der Waals surface area contributed by atoms with Crippen molar-refractivity contribution in [3.05, 3.63) is 29.6 Å². The predicted molar refractivity (Wildman–Crippen MR) is 104 cm³/mol. The van der Waals surface area contributed by atoms with Crippen LogP contribution < -0.4 is 0 Å². The number of carbonyl (C=O) groups is 2. The molecule has 6 nitrogen and oxygen atoms in total. The van der Waals surface area contributed by atoms with Crippen molar-refractivity contribution in [3.63, 3.8) is 0 Å². The lowest BCUT2D eigenvalue weighted by atomic mass is 9.88. The largest absolute Gasteiger partial charge is 0.342 e. The summed E-state index contributed by atoms with van der Waals surface area (Å²) in [7, 11) is 0. The van der Waals surface area contributed by atoms with Crippen molar-refractivity contribution in [2.45, 2.75) is 57.4 Å². The maximum atomic E-state index is 13.0. The molecule has 2 aliphatic heterocycles. The standard InChI is InChI=1S/C22H28N4O2/c23-13-16-8-9-19(24-14-16)22(28)26-11-4-7-20(26)18-10-12-25(15-18)21(27)17-5-2-1-3-6-17/h8-9,14,17-18,20H,1-7,10-12,15H2. The molecule has 148 valence electrons. The molecule has 4 rings (SSSR count). The number of nitrogens with zero attached hydrogens (tertiary/aromatic N) is 4. The molecule has 28 heavy (non-hydrogen) atoms. The van der Waals surface area contributed by atoms with E-state index in [1.807, 2.05) is 11.0 Å². The first-order valence-corrected chi connectivity index (χ1v) is 10.6. The maximum absolute atomic E-state index is 13.0. The third kappa shape index (κ3) is 3.76. The first-order valence-electron chi connectivity index (χ1n) is 10.6. The van der Waals surface area contributed by atoms with Crippen LogP contribution in [-0.2, 0) is 4.79 Å². The summed E-state index contributed by atoms with van der Waals surface area (Å²) in [6, 6.07) is 5.51. The van der Waals surface area contributed by atoms with Gasteiger partial charge in [0.15, 0.2) is 0 Å². The van der Waals surface area contributed by atoms with Gasteiger partial charge in [-0.3, -0.25) is 9.59 Å². The summed E-state index contributed by atoms with van der Waals surface area (Å²) in [5.74, 6) is 0.866. The van der Waals surface area contributed by atoms with Crippen LogP contribution in [0.1, 0.15) is 67.4 Å². The van der Waals surface area contributed by atoms with Crippen molar-refractivity contribution in [1.29, 1.82) is 5.26 Å². The highest BCUT2D eigenvalue weighted by Gasteiger charge is 2.40. The molecule has 2 amide bonds. The molecule has 2 atom stereocenters. The van der Waals surface area contributed by atoms with E-state index in [9.17, 15) is 9.59 Å². The normalized spacial score (nSPS) is 25.7. The van der Waals surface area contributed by atoms with E-state index in [1.165, 1.54) is 25.5 Å². The Bertz CT molecular complexity index is 764. The summed E-state index contributed by atoms with van der Waals surface area (Å²) in [6.07, 6.45) is 10.1. The molecular formula is C22H28N4O2. The fourth-order valence-corrected chi connectivity index (χ4v) is 5.18. The van der Waals surface area contributed by atoms with Gasteiger partial charge >= 0.3 is 0 Å². The lowest BCUT2D eigenvalue weighted by Gasteiger charge is -2.30. The second kappa shape index (κ2) is 8.30. The second-order valence-electron chi connectivity index (χ2n) is 8.42. The van der Waals surface area contributed by atoms with Crippen LogP contribution in [0.2, 0.25) is 0 Å². The van der Waals surface area contributed by atoms with Gasteiger partial charge in [-0.25, -0.2) is 4.98 Å². The van der Waals surface area contributed by atoms with E-state index in [0.717, 1.165) is 51.7 Å². The first kappa shape index (κ1) is 18.9. The molecule has 0 aromatic carbocycles. The molecule has 0 radical (unpaired) electrons. The average molecular weight is 380 g/mol. The Morgan fingerprint density at radius 3 is 2.57 bits per heavy atom. The van der Waals surface area contributed by atoms with Crippen LogP contribution in [0.15, 0.2) is 18.3 Å². The number of nitriles is 1. The van der Waals surface area contributed by atoms with E-state index in [2.05, 4.69) is 9.88 Å². The monoisotopic (exact) mass is 380 g/mol. The number of carbonyl (C=O) groups excluding carboxylic acids is 2. The number of rotatable bonds is 3. The van der Waals surface area contributed by atoms with E-state index >= 15 is 0 Å². The average Bonchev–Trinajstić information content (AvgIpc) is 3.43. The number of amides is 2. The SMILES string of the molecule is N#Cc1ccc(C(=O)N2CCCC2C2CCN(C(=O)C3CCCCC3)C2)nc1. The van der Waals surface area contributed by atoms with Crippen molar-refractivity contribution in [1.82, 2.24) is 14.8 Å². The zero-order valence-corrected chi connectivity index (χ0v) is 16.3. The zero-order chi connectivity index (χ0) is 19.5. The lowest BCUT2D eigenvalue weighted by Crippen LogP contribution is -2.42. The summed E-state index contributed by atoms with van der Waals surface area (Å²) in [5.41, 5.74) is 0.862. The minimum atomic E-state index is -0.0518. The molecule has 1 aromatic heterocycles. The van der Waals surface area contributed by atoms with E-state index in [0.29, 0.717) is 23.1 Å². The number of aromatic nitrogens is 1. The van der Waals surface area contributed by atoms with Gasteiger partial charge in [-0.2, -0.15) is 5.26 Å². The Labute approximate surface area is 166 Å². The molecular weight excluding hydrogens is 352 g/mol. The van der Waals surface area contributed by atoms with Crippen LogP contribution in [0.3, 0.4) is 0 Å². The zero-order valence-electron chi connectivity index (χ0n) is 16.3. The van der Waals surface area contributed by atoms with Crippen LogP contribution in [0, 0.1) is 23.2 Å². The minimum absolute atomic E-state index is 0.0518. The van der Waals surface area contributed by atoms with Gasteiger partial charge < -0.3 is 9.80 Å². The van der Waals surface area contributed by atoms with Gasteiger partial charge in [0.05, 0.1) is 5.56 Å². The van der Waals surface area contributed by atoms with Gasteiger partial charge in [0.25, 0.3) is 5.91 Å². The molecule has 2 unspecified atom stereocenters. The highest BCUT2D eigenvalue weighted by atomic mass is 16.2. The Balaban J connectivity index is 1.40. The fraction of sp³-hybridized carbons (Fsp3) is 0.636. The second-order valence-corrected chi connectivity index (χ2v) is 8.42. The summed E-state index contributed by atoms with van der Waals surface area (Å²) < 4.78 is 0. The Morgan fingerprint density at radius 1 is 1.04 bits per heavy atom.